The maximum Gasteiger partial charge on any atom is 0.417 e. The second kappa shape index (κ2) is 11.3. The standard InChI is InChI=1S/C35H25Cl2F3N6O5/c1-43-32(50)44-13-12-22-26(46(44)33(43)51)15-24-30(48)45(42-29-25(37)14-19(16-41-29)35(38,39)40)31(49)34(24,18-7-9-20(36)10-8-18)27(22)23-11-6-17-4-2-3-5-21(17)28(23)47/h2-12,14,16,24,26-27,47H,13,15H2,1H3,(H,41,42)/t24-,26+,27+,34+/m0/s1. The summed E-state index contributed by atoms with van der Waals surface area (Å²) in [5, 5.41) is 13.7. The Labute approximate surface area is 295 Å². The van der Waals surface area contributed by atoms with Crippen LogP contribution in [0.25, 0.3) is 10.8 Å². The number of amides is 2. The van der Waals surface area contributed by atoms with Gasteiger partial charge in [0.1, 0.15) is 5.75 Å². The van der Waals surface area contributed by atoms with Crippen LogP contribution in [0.1, 0.15) is 35.1 Å². The number of allylic oxidation sites excluding steroid dienone is 2. The average Bonchev–Trinajstić information content (AvgIpc) is 3.46. The monoisotopic (exact) mass is 736 g/mol. The largest absolute Gasteiger partial charge is 0.507 e. The third-order valence-corrected chi connectivity index (χ3v) is 10.8. The Balaban J connectivity index is 1.39. The fourth-order valence-corrected chi connectivity index (χ4v) is 8.34. The molecule has 1 aliphatic carbocycles. The molecule has 2 aliphatic heterocycles. The number of imide groups is 1. The minimum atomic E-state index is -4.75. The molecule has 1 saturated carbocycles. The Hall–Kier alpha value is -5.34. The van der Waals surface area contributed by atoms with Gasteiger partial charge in [0.05, 0.1) is 34.5 Å². The topological polar surface area (TPSA) is 131 Å². The van der Waals surface area contributed by atoms with Crippen LogP contribution in [0.3, 0.4) is 0 Å². The van der Waals surface area contributed by atoms with Gasteiger partial charge in [-0.05, 0) is 41.1 Å². The third-order valence-electron chi connectivity index (χ3n) is 10.3. The van der Waals surface area contributed by atoms with Gasteiger partial charge in [-0.2, -0.15) is 18.2 Å². The third kappa shape index (κ3) is 4.62. The van der Waals surface area contributed by atoms with E-state index in [4.69, 9.17) is 23.2 Å². The van der Waals surface area contributed by atoms with E-state index in [9.17, 15) is 32.7 Å². The summed E-state index contributed by atoms with van der Waals surface area (Å²) >= 11 is 12.5. The Bertz CT molecular complexity index is 2470. The first-order valence-corrected chi connectivity index (χ1v) is 16.4. The lowest BCUT2D eigenvalue weighted by Crippen LogP contribution is -2.53. The molecule has 5 aromatic rings. The molecule has 51 heavy (non-hydrogen) atoms. The number of phenols is 1. The number of anilines is 1. The molecule has 260 valence electrons. The van der Waals surface area contributed by atoms with Crippen molar-refractivity contribution in [2.24, 2.45) is 13.0 Å². The molecule has 16 heteroatoms. The Morgan fingerprint density at radius 1 is 0.980 bits per heavy atom. The number of nitrogens with one attached hydrogen (secondary N) is 1. The van der Waals surface area contributed by atoms with Crippen molar-refractivity contribution in [3.63, 3.8) is 0 Å². The molecule has 2 fully saturated rings. The van der Waals surface area contributed by atoms with Crippen LogP contribution in [0, 0.1) is 5.92 Å². The van der Waals surface area contributed by atoms with E-state index in [1.807, 2.05) is 0 Å². The molecule has 0 spiro atoms. The van der Waals surface area contributed by atoms with Crippen molar-refractivity contribution in [1.82, 2.24) is 23.9 Å². The number of alkyl halides is 3. The van der Waals surface area contributed by atoms with Gasteiger partial charge in [-0.15, -0.1) is 0 Å². The number of aromatic nitrogens is 4. The maximum absolute atomic E-state index is 15.2. The van der Waals surface area contributed by atoms with Gasteiger partial charge in [0.25, 0.3) is 11.8 Å². The summed E-state index contributed by atoms with van der Waals surface area (Å²) in [5.41, 5.74) is -0.437. The van der Waals surface area contributed by atoms with Crippen molar-refractivity contribution in [2.45, 2.75) is 36.5 Å². The first-order chi connectivity index (χ1) is 24.2. The summed E-state index contributed by atoms with van der Waals surface area (Å²) < 4.78 is 43.7. The number of hydrogen-bond acceptors (Lipinski definition) is 7. The highest BCUT2D eigenvalue weighted by molar-refractivity contribution is 6.33. The number of hydrazine groups is 1. The van der Waals surface area contributed by atoms with E-state index in [0.29, 0.717) is 44.2 Å². The zero-order chi connectivity index (χ0) is 36.1. The molecular formula is C35H25Cl2F3N6O5. The van der Waals surface area contributed by atoms with Crippen molar-refractivity contribution in [2.75, 3.05) is 5.43 Å². The number of phenolic OH excluding ortho intramolecular Hbond substituents is 1. The summed E-state index contributed by atoms with van der Waals surface area (Å²) in [7, 11) is 1.34. The first-order valence-electron chi connectivity index (χ1n) is 15.7. The predicted octanol–water partition coefficient (Wildman–Crippen LogP) is 5.55. The predicted molar refractivity (Wildman–Crippen MR) is 180 cm³/mol. The molecule has 11 nitrogen and oxygen atoms in total. The number of rotatable bonds is 4. The summed E-state index contributed by atoms with van der Waals surface area (Å²) in [4.78, 5) is 60.4. The van der Waals surface area contributed by atoms with Gasteiger partial charge >= 0.3 is 17.6 Å². The second-order valence-corrected chi connectivity index (χ2v) is 13.6. The molecule has 0 bridgehead atoms. The van der Waals surface area contributed by atoms with Crippen LogP contribution in [0.4, 0.5) is 19.0 Å². The summed E-state index contributed by atoms with van der Waals surface area (Å²) in [6, 6.07) is 16.5. The summed E-state index contributed by atoms with van der Waals surface area (Å²) in [6.45, 7) is -0.0395. The molecule has 4 atom stereocenters. The molecule has 2 N–H and O–H groups in total. The zero-order valence-electron chi connectivity index (χ0n) is 26.4. The number of benzene rings is 3. The van der Waals surface area contributed by atoms with E-state index in [1.165, 1.54) is 16.4 Å². The summed E-state index contributed by atoms with van der Waals surface area (Å²) in [5.74, 6) is -4.50. The lowest BCUT2D eigenvalue weighted by atomic mass is 9.53. The molecule has 3 aliphatic rings. The van der Waals surface area contributed by atoms with E-state index in [-0.39, 0.29) is 30.1 Å². The van der Waals surface area contributed by atoms with Crippen molar-refractivity contribution >= 4 is 51.6 Å². The molecule has 4 heterocycles. The fourth-order valence-electron chi connectivity index (χ4n) is 8.00. The van der Waals surface area contributed by atoms with Crippen LogP contribution in [0.5, 0.6) is 5.75 Å². The Morgan fingerprint density at radius 3 is 2.41 bits per heavy atom. The zero-order valence-corrected chi connectivity index (χ0v) is 27.9. The number of aromatic hydroxyl groups is 1. The van der Waals surface area contributed by atoms with E-state index >= 15 is 4.79 Å². The van der Waals surface area contributed by atoms with Gasteiger partial charge in [-0.1, -0.05) is 77.8 Å². The quantitative estimate of drug-likeness (QED) is 0.183. The van der Waals surface area contributed by atoms with Gasteiger partial charge in [0, 0.05) is 35.1 Å². The van der Waals surface area contributed by atoms with E-state index in [0.717, 1.165) is 4.57 Å². The SMILES string of the molecule is Cn1c(=O)n2n(c1=O)[C@@H]1C[C@H]3C(=O)N(Nc4ncc(C(F)(F)F)cc4Cl)C(=O)[C@@]3(c3ccc(Cl)cc3)[C@@H](c3ccc4ccccc4c3O)C1=CC2. The lowest BCUT2D eigenvalue weighted by molar-refractivity contribution is -0.139. The minimum Gasteiger partial charge on any atom is -0.507 e. The fraction of sp³-hybridized carbons (Fsp3) is 0.229. The Morgan fingerprint density at radius 2 is 1.71 bits per heavy atom. The lowest BCUT2D eigenvalue weighted by Gasteiger charge is -2.49. The van der Waals surface area contributed by atoms with Crippen molar-refractivity contribution in [1.29, 1.82) is 0 Å². The van der Waals surface area contributed by atoms with Crippen molar-refractivity contribution in [3.8, 4) is 5.75 Å². The normalized spacial score (nSPS) is 22.8. The van der Waals surface area contributed by atoms with Crippen LogP contribution in [-0.2, 0) is 34.8 Å². The van der Waals surface area contributed by atoms with Gasteiger partial charge in [0.2, 0.25) is 0 Å². The number of pyridine rings is 1. The van der Waals surface area contributed by atoms with Gasteiger partial charge < -0.3 is 5.11 Å². The Kier molecular flexibility index (Phi) is 7.30. The van der Waals surface area contributed by atoms with Crippen molar-refractivity contribution < 1.29 is 27.9 Å². The smallest absolute Gasteiger partial charge is 0.417 e. The molecule has 3 aromatic carbocycles. The van der Waals surface area contributed by atoms with Crippen molar-refractivity contribution in [3.05, 3.63) is 132 Å². The minimum absolute atomic E-state index is 0.0395. The highest BCUT2D eigenvalue weighted by atomic mass is 35.5. The molecule has 0 unspecified atom stereocenters. The van der Waals surface area contributed by atoms with E-state index < -0.39 is 63.2 Å². The van der Waals surface area contributed by atoms with Gasteiger partial charge in [0.15, 0.2) is 5.82 Å². The van der Waals surface area contributed by atoms with Crippen LogP contribution in [0.2, 0.25) is 10.0 Å². The summed E-state index contributed by atoms with van der Waals surface area (Å²) in [6.07, 6.45) is -2.63. The van der Waals surface area contributed by atoms with E-state index in [1.54, 1.807) is 66.7 Å². The van der Waals surface area contributed by atoms with Crippen LogP contribution in [-0.4, -0.2) is 40.8 Å². The van der Waals surface area contributed by atoms with E-state index in [2.05, 4.69) is 10.4 Å². The molecule has 2 aromatic heterocycles. The first kappa shape index (κ1) is 32.8. The molecule has 2 amide bonds. The number of fused-ring (bicyclic) bond motifs is 5. The number of hydrogen-bond donors (Lipinski definition) is 2. The highest BCUT2D eigenvalue weighted by Crippen LogP contribution is 2.63. The van der Waals surface area contributed by atoms with Crippen LogP contribution >= 0.6 is 23.2 Å². The second-order valence-electron chi connectivity index (χ2n) is 12.7. The number of nitrogens with zero attached hydrogens (tertiary/aromatic N) is 5. The molecule has 0 radical (unpaired) electrons. The maximum atomic E-state index is 15.2. The van der Waals surface area contributed by atoms with Gasteiger partial charge in [-0.25, -0.2) is 28.5 Å². The van der Waals surface area contributed by atoms with Gasteiger partial charge in [-0.3, -0.25) is 15.0 Å². The number of halogens is 5. The molecule has 1 saturated heterocycles. The average molecular weight is 738 g/mol. The highest BCUT2D eigenvalue weighted by Gasteiger charge is 2.69. The molecular weight excluding hydrogens is 712 g/mol. The van der Waals surface area contributed by atoms with Crippen LogP contribution in [0.15, 0.2) is 94.2 Å². The molecule has 8 rings (SSSR count). The van der Waals surface area contributed by atoms with Crippen LogP contribution < -0.4 is 16.8 Å². The number of carbonyl (C=O) groups excluding carboxylic acids is 2. The number of carbonyl (C=O) groups is 2.